The van der Waals surface area contributed by atoms with Crippen LogP contribution < -0.4 is 0 Å². The maximum absolute atomic E-state index is 12.3. The highest BCUT2D eigenvalue weighted by atomic mass is 35.5. The van der Waals surface area contributed by atoms with E-state index in [-0.39, 0.29) is 22.2 Å². The standard InChI is InChI=1S/C13H15Cl2NO3/c1-16(6-8-2-3-19-7-8)13(18)12-10(15)4-9(14)5-11(12)17/h4-5,8,17H,2-3,6-7H2,1H3/t8-/m1/s1. The van der Waals surface area contributed by atoms with Crippen molar-refractivity contribution >= 4 is 29.1 Å². The minimum Gasteiger partial charge on any atom is -0.507 e. The Morgan fingerprint density at radius 1 is 1.53 bits per heavy atom. The Labute approximate surface area is 121 Å². The van der Waals surface area contributed by atoms with Gasteiger partial charge in [-0.15, -0.1) is 0 Å². The molecule has 1 saturated heterocycles. The number of carbonyl (C=O) groups excluding carboxylic acids is 1. The molecule has 0 unspecified atom stereocenters. The van der Waals surface area contributed by atoms with E-state index in [2.05, 4.69) is 0 Å². The molecule has 0 saturated carbocycles. The quantitative estimate of drug-likeness (QED) is 0.934. The van der Waals surface area contributed by atoms with Crippen LogP contribution >= 0.6 is 23.2 Å². The van der Waals surface area contributed by atoms with Crippen molar-refractivity contribution in [3.05, 3.63) is 27.7 Å². The third kappa shape index (κ3) is 3.32. The van der Waals surface area contributed by atoms with E-state index in [0.29, 0.717) is 24.1 Å². The first-order valence-corrected chi connectivity index (χ1v) is 6.76. The average molecular weight is 304 g/mol. The summed E-state index contributed by atoms with van der Waals surface area (Å²) in [5.41, 5.74) is 0.0903. The molecule has 19 heavy (non-hydrogen) atoms. The lowest BCUT2D eigenvalue weighted by Gasteiger charge is -2.21. The summed E-state index contributed by atoms with van der Waals surface area (Å²) in [7, 11) is 1.69. The van der Waals surface area contributed by atoms with Gasteiger partial charge in [-0.1, -0.05) is 23.2 Å². The van der Waals surface area contributed by atoms with Crippen molar-refractivity contribution in [2.75, 3.05) is 26.8 Å². The van der Waals surface area contributed by atoms with Crippen LogP contribution in [0.3, 0.4) is 0 Å². The number of phenols is 1. The highest BCUT2D eigenvalue weighted by Crippen LogP contribution is 2.31. The van der Waals surface area contributed by atoms with Gasteiger partial charge in [-0.2, -0.15) is 0 Å². The lowest BCUT2D eigenvalue weighted by molar-refractivity contribution is 0.0763. The SMILES string of the molecule is CN(C[C@H]1CCOC1)C(=O)c1c(O)cc(Cl)cc1Cl. The normalized spacial score (nSPS) is 18.6. The van der Waals surface area contributed by atoms with E-state index >= 15 is 0 Å². The van der Waals surface area contributed by atoms with Crippen molar-refractivity contribution in [2.45, 2.75) is 6.42 Å². The van der Waals surface area contributed by atoms with Crippen molar-refractivity contribution in [1.29, 1.82) is 0 Å². The summed E-state index contributed by atoms with van der Waals surface area (Å²) in [6, 6.07) is 2.76. The lowest BCUT2D eigenvalue weighted by atomic mass is 10.1. The van der Waals surface area contributed by atoms with Crippen LogP contribution in [-0.2, 0) is 4.74 Å². The topological polar surface area (TPSA) is 49.8 Å². The van der Waals surface area contributed by atoms with Gasteiger partial charge in [-0.05, 0) is 18.6 Å². The number of carbonyl (C=O) groups is 1. The summed E-state index contributed by atoms with van der Waals surface area (Å²) in [6.45, 7) is 1.98. The molecule has 1 N–H and O–H groups in total. The Hall–Kier alpha value is -0.970. The van der Waals surface area contributed by atoms with Gasteiger partial charge in [-0.3, -0.25) is 4.79 Å². The third-order valence-corrected chi connectivity index (χ3v) is 3.67. The van der Waals surface area contributed by atoms with Crippen LogP contribution in [0.5, 0.6) is 5.75 Å². The number of hydrogen-bond acceptors (Lipinski definition) is 3. The number of nitrogens with zero attached hydrogens (tertiary/aromatic N) is 1. The van der Waals surface area contributed by atoms with E-state index in [1.165, 1.54) is 12.1 Å². The number of amides is 1. The van der Waals surface area contributed by atoms with Crippen molar-refractivity contribution in [3.63, 3.8) is 0 Å². The largest absolute Gasteiger partial charge is 0.507 e. The van der Waals surface area contributed by atoms with Crippen LogP contribution in [0.25, 0.3) is 0 Å². The number of aromatic hydroxyl groups is 1. The predicted molar refractivity (Wildman–Crippen MR) is 74.0 cm³/mol. The summed E-state index contributed by atoms with van der Waals surface area (Å²) in [4.78, 5) is 13.8. The smallest absolute Gasteiger partial charge is 0.258 e. The van der Waals surface area contributed by atoms with Gasteiger partial charge in [0.1, 0.15) is 5.75 Å². The molecule has 1 fully saturated rings. The Bertz CT molecular complexity index is 464. The molecule has 0 bridgehead atoms. The number of ether oxygens (including phenoxy) is 1. The lowest BCUT2D eigenvalue weighted by Crippen LogP contribution is -2.32. The number of rotatable bonds is 3. The molecule has 0 aromatic heterocycles. The van der Waals surface area contributed by atoms with Crippen LogP contribution in [0.1, 0.15) is 16.8 Å². The highest BCUT2D eigenvalue weighted by molar-refractivity contribution is 6.37. The first-order chi connectivity index (χ1) is 8.99. The number of phenolic OH excluding ortho intramolecular Hbond substituents is 1. The predicted octanol–water partition coefficient (Wildman–Crippen LogP) is 2.81. The van der Waals surface area contributed by atoms with E-state index in [9.17, 15) is 9.90 Å². The zero-order chi connectivity index (χ0) is 14.0. The second-order valence-corrected chi connectivity index (χ2v) is 5.54. The summed E-state index contributed by atoms with van der Waals surface area (Å²) < 4.78 is 5.28. The molecule has 1 aromatic rings. The Kier molecular flexibility index (Phi) is 4.55. The molecule has 1 amide bonds. The molecule has 0 aliphatic carbocycles. The minimum absolute atomic E-state index is 0.0903. The molecule has 6 heteroatoms. The monoisotopic (exact) mass is 303 g/mol. The fourth-order valence-corrected chi connectivity index (χ4v) is 2.72. The first-order valence-electron chi connectivity index (χ1n) is 6.00. The molecule has 104 valence electrons. The molecule has 2 rings (SSSR count). The zero-order valence-electron chi connectivity index (χ0n) is 10.5. The van der Waals surface area contributed by atoms with Crippen molar-refractivity contribution < 1.29 is 14.6 Å². The summed E-state index contributed by atoms with van der Waals surface area (Å²) in [5, 5.41) is 10.3. The van der Waals surface area contributed by atoms with E-state index in [4.69, 9.17) is 27.9 Å². The maximum atomic E-state index is 12.3. The van der Waals surface area contributed by atoms with E-state index in [1.54, 1.807) is 11.9 Å². The van der Waals surface area contributed by atoms with Gasteiger partial charge >= 0.3 is 0 Å². The molecule has 1 aliphatic rings. The minimum atomic E-state index is -0.314. The van der Waals surface area contributed by atoms with Crippen molar-refractivity contribution in [3.8, 4) is 5.75 Å². The van der Waals surface area contributed by atoms with Gasteiger partial charge in [0.15, 0.2) is 0 Å². The number of hydrogen-bond donors (Lipinski definition) is 1. The third-order valence-electron chi connectivity index (χ3n) is 3.15. The van der Waals surface area contributed by atoms with Crippen LogP contribution in [0, 0.1) is 5.92 Å². The van der Waals surface area contributed by atoms with Gasteiger partial charge in [0, 0.05) is 31.1 Å². The van der Waals surface area contributed by atoms with Crippen molar-refractivity contribution in [2.24, 2.45) is 5.92 Å². The second kappa shape index (κ2) is 5.99. The molecule has 1 atom stereocenters. The Balaban J connectivity index is 2.14. The summed E-state index contributed by atoms with van der Waals surface area (Å²) >= 11 is 11.7. The molecule has 4 nitrogen and oxygen atoms in total. The first kappa shape index (κ1) is 14.4. The molecular formula is C13H15Cl2NO3. The van der Waals surface area contributed by atoms with Gasteiger partial charge in [0.2, 0.25) is 0 Å². The van der Waals surface area contributed by atoms with E-state index in [0.717, 1.165) is 13.0 Å². The molecule has 0 spiro atoms. The fraction of sp³-hybridized carbons (Fsp3) is 0.462. The van der Waals surface area contributed by atoms with Crippen LogP contribution in [0.4, 0.5) is 0 Å². The van der Waals surface area contributed by atoms with Gasteiger partial charge < -0.3 is 14.7 Å². The zero-order valence-corrected chi connectivity index (χ0v) is 12.0. The van der Waals surface area contributed by atoms with Gasteiger partial charge in [0.05, 0.1) is 17.2 Å². The van der Waals surface area contributed by atoms with Crippen molar-refractivity contribution in [1.82, 2.24) is 4.90 Å². The van der Waals surface area contributed by atoms with E-state index < -0.39 is 0 Å². The van der Waals surface area contributed by atoms with Gasteiger partial charge in [-0.25, -0.2) is 0 Å². The number of halogens is 2. The fourth-order valence-electron chi connectivity index (χ4n) is 2.16. The summed E-state index contributed by atoms with van der Waals surface area (Å²) in [5.74, 6) is -0.176. The van der Waals surface area contributed by atoms with Crippen LogP contribution in [-0.4, -0.2) is 42.7 Å². The Morgan fingerprint density at radius 2 is 2.26 bits per heavy atom. The maximum Gasteiger partial charge on any atom is 0.258 e. The molecule has 1 aliphatic heterocycles. The van der Waals surface area contributed by atoms with Crippen LogP contribution in [0.15, 0.2) is 12.1 Å². The molecular weight excluding hydrogens is 289 g/mol. The molecule has 1 aromatic carbocycles. The van der Waals surface area contributed by atoms with Crippen LogP contribution in [0.2, 0.25) is 10.0 Å². The molecule has 0 radical (unpaired) electrons. The average Bonchev–Trinajstić information content (AvgIpc) is 2.80. The summed E-state index contributed by atoms with van der Waals surface area (Å²) in [6.07, 6.45) is 0.942. The number of benzene rings is 1. The second-order valence-electron chi connectivity index (χ2n) is 4.70. The van der Waals surface area contributed by atoms with Gasteiger partial charge in [0.25, 0.3) is 5.91 Å². The Morgan fingerprint density at radius 3 is 2.84 bits per heavy atom. The highest BCUT2D eigenvalue weighted by Gasteiger charge is 2.24. The molecule has 1 heterocycles. The van der Waals surface area contributed by atoms with E-state index in [1.807, 2.05) is 0 Å².